The summed E-state index contributed by atoms with van der Waals surface area (Å²) in [6, 6.07) is 11.6. The van der Waals surface area contributed by atoms with Crippen molar-refractivity contribution in [3.05, 3.63) is 63.5 Å². The molecule has 6 nitrogen and oxygen atoms in total. The molecule has 3 aromatic rings. The standard InChI is InChI=1S/C23H22N2O4/c1-14(26)24-15-6-8-16(9-7-15)25-12-20-21(28-13-25)11-10-18-17-4-2-3-5-19(17)23(27)29-22(18)20/h6-11H,2-5,12-13H2,1H3,(H,24,26). The lowest BCUT2D eigenvalue weighted by Gasteiger charge is -2.31. The Bertz CT molecular complexity index is 1160. The number of nitrogens with one attached hydrogen (secondary N) is 1. The number of anilines is 2. The van der Waals surface area contributed by atoms with E-state index < -0.39 is 0 Å². The molecule has 0 fully saturated rings. The molecule has 29 heavy (non-hydrogen) atoms. The van der Waals surface area contributed by atoms with E-state index in [1.54, 1.807) is 0 Å². The fourth-order valence-corrected chi connectivity index (χ4v) is 4.34. The predicted molar refractivity (Wildman–Crippen MR) is 112 cm³/mol. The number of carbonyl (C=O) groups is 1. The molecule has 148 valence electrons. The van der Waals surface area contributed by atoms with Gasteiger partial charge in [-0.3, -0.25) is 4.79 Å². The lowest BCUT2D eigenvalue weighted by Crippen LogP contribution is -2.32. The van der Waals surface area contributed by atoms with Gasteiger partial charge in [0.1, 0.15) is 11.3 Å². The zero-order valence-electron chi connectivity index (χ0n) is 16.3. The first-order valence-corrected chi connectivity index (χ1v) is 9.96. The first-order valence-electron chi connectivity index (χ1n) is 9.96. The van der Waals surface area contributed by atoms with Crippen molar-refractivity contribution in [2.45, 2.75) is 39.2 Å². The van der Waals surface area contributed by atoms with Gasteiger partial charge in [-0.25, -0.2) is 4.79 Å². The maximum atomic E-state index is 12.6. The van der Waals surface area contributed by atoms with E-state index in [2.05, 4.69) is 10.2 Å². The topological polar surface area (TPSA) is 71.8 Å². The molecule has 1 amide bonds. The average molecular weight is 390 g/mol. The zero-order valence-corrected chi connectivity index (χ0v) is 16.3. The molecular weight excluding hydrogens is 368 g/mol. The first kappa shape index (κ1) is 17.8. The highest BCUT2D eigenvalue weighted by molar-refractivity contribution is 5.89. The van der Waals surface area contributed by atoms with Crippen LogP contribution >= 0.6 is 0 Å². The van der Waals surface area contributed by atoms with Crippen LogP contribution in [0.15, 0.2) is 45.6 Å². The van der Waals surface area contributed by atoms with Crippen LogP contribution in [0.1, 0.15) is 36.5 Å². The van der Waals surface area contributed by atoms with E-state index in [1.165, 1.54) is 6.92 Å². The normalized spacial score (nSPS) is 15.4. The van der Waals surface area contributed by atoms with Crippen LogP contribution in [0.4, 0.5) is 11.4 Å². The van der Waals surface area contributed by atoms with Crippen LogP contribution in [0.25, 0.3) is 11.0 Å². The quantitative estimate of drug-likeness (QED) is 0.670. The summed E-state index contributed by atoms with van der Waals surface area (Å²) in [5.41, 5.74) is 5.05. The van der Waals surface area contributed by atoms with Gasteiger partial charge in [-0.2, -0.15) is 0 Å². The maximum absolute atomic E-state index is 12.6. The molecule has 1 aliphatic heterocycles. The largest absolute Gasteiger partial charge is 0.473 e. The summed E-state index contributed by atoms with van der Waals surface area (Å²) in [6.07, 6.45) is 3.87. The van der Waals surface area contributed by atoms with Crippen molar-refractivity contribution < 1.29 is 13.9 Å². The van der Waals surface area contributed by atoms with Gasteiger partial charge in [0.25, 0.3) is 0 Å². The second-order valence-electron chi connectivity index (χ2n) is 7.67. The van der Waals surface area contributed by atoms with Crippen LogP contribution in [0, 0.1) is 0 Å². The Morgan fingerprint density at radius 2 is 1.76 bits per heavy atom. The minimum absolute atomic E-state index is 0.0992. The first-order chi connectivity index (χ1) is 14.1. The minimum Gasteiger partial charge on any atom is -0.473 e. The second kappa shape index (κ2) is 6.95. The molecule has 2 heterocycles. The van der Waals surface area contributed by atoms with Crippen LogP contribution in [-0.2, 0) is 24.2 Å². The molecule has 5 rings (SSSR count). The number of hydrogen-bond donors (Lipinski definition) is 1. The van der Waals surface area contributed by atoms with Crippen molar-refractivity contribution in [2.75, 3.05) is 16.9 Å². The van der Waals surface area contributed by atoms with Crippen molar-refractivity contribution in [1.82, 2.24) is 0 Å². The van der Waals surface area contributed by atoms with Gasteiger partial charge in [0, 0.05) is 29.2 Å². The number of aryl methyl sites for hydroxylation is 1. The molecule has 0 bridgehead atoms. The molecule has 2 aliphatic rings. The third-order valence-corrected chi connectivity index (χ3v) is 5.73. The maximum Gasteiger partial charge on any atom is 0.339 e. The fourth-order valence-electron chi connectivity index (χ4n) is 4.34. The van der Waals surface area contributed by atoms with Gasteiger partial charge in [-0.15, -0.1) is 0 Å². The summed E-state index contributed by atoms with van der Waals surface area (Å²) >= 11 is 0. The Morgan fingerprint density at radius 1 is 1.00 bits per heavy atom. The lowest BCUT2D eigenvalue weighted by atomic mass is 9.90. The molecule has 0 saturated carbocycles. The van der Waals surface area contributed by atoms with Crippen molar-refractivity contribution in [3.8, 4) is 5.75 Å². The number of nitrogens with zero attached hydrogens (tertiary/aromatic N) is 1. The third-order valence-electron chi connectivity index (χ3n) is 5.73. The van der Waals surface area contributed by atoms with Crippen LogP contribution in [0.3, 0.4) is 0 Å². The lowest BCUT2D eigenvalue weighted by molar-refractivity contribution is -0.114. The second-order valence-corrected chi connectivity index (χ2v) is 7.67. The molecule has 0 saturated heterocycles. The summed E-state index contributed by atoms with van der Waals surface area (Å²) in [4.78, 5) is 25.9. The van der Waals surface area contributed by atoms with Gasteiger partial charge in [0.15, 0.2) is 6.73 Å². The Balaban J connectivity index is 1.53. The van der Waals surface area contributed by atoms with E-state index in [4.69, 9.17) is 9.15 Å². The van der Waals surface area contributed by atoms with Gasteiger partial charge >= 0.3 is 5.63 Å². The van der Waals surface area contributed by atoms with Gasteiger partial charge in [-0.05, 0) is 67.6 Å². The predicted octanol–water partition coefficient (Wildman–Crippen LogP) is 3.99. The van der Waals surface area contributed by atoms with E-state index in [0.717, 1.165) is 64.9 Å². The Hall–Kier alpha value is -3.28. The molecule has 0 unspecified atom stereocenters. The minimum atomic E-state index is -0.211. The molecule has 0 radical (unpaired) electrons. The number of rotatable bonds is 2. The zero-order chi connectivity index (χ0) is 20.0. The molecule has 1 aliphatic carbocycles. The number of carbonyl (C=O) groups excluding carboxylic acids is 1. The van der Waals surface area contributed by atoms with E-state index in [9.17, 15) is 9.59 Å². The highest BCUT2D eigenvalue weighted by Gasteiger charge is 2.25. The van der Waals surface area contributed by atoms with Gasteiger partial charge in [0.05, 0.1) is 12.1 Å². The van der Waals surface area contributed by atoms with E-state index >= 15 is 0 Å². The number of amides is 1. The molecule has 0 spiro atoms. The SMILES string of the molecule is CC(=O)Nc1ccc(N2COc3ccc4c5c(c(=O)oc4c3C2)CCCC5)cc1. The third kappa shape index (κ3) is 3.14. The fraction of sp³-hybridized carbons (Fsp3) is 0.304. The van der Waals surface area contributed by atoms with Gasteiger partial charge in [-0.1, -0.05) is 0 Å². The number of ether oxygens (including phenoxy) is 1. The van der Waals surface area contributed by atoms with Crippen molar-refractivity contribution in [3.63, 3.8) is 0 Å². The highest BCUT2D eigenvalue weighted by atomic mass is 16.5. The molecule has 0 atom stereocenters. The van der Waals surface area contributed by atoms with Crippen molar-refractivity contribution in [2.24, 2.45) is 0 Å². The molecule has 6 heteroatoms. The van der Waals surface area contributed by atoms with E-state index in [0.29, 0.717) is 18.9 Å². The highest BCUT2D eigenvalue weighted by Crippen LogP contribution is 2.36. The van der Waals surface area contributed by atoms with E-state index in [-0.39, 0.29) is 11.5 Å². The van der Waals surface area contributed by atoms with Gasteiger partial charge in [0.2, 0.25) is 5.91 Å². The summed E-state index contributed by atoms with van der Waals surface area (Å²) in [6.45, 7) is 2.49. The Kier molecular flexibility index (Phi) is 4.27. The summed E-state index contributed by atoms with van der Waals surface area (Å²) in [5.74, 6) is 0.667. The molecular formula is C23H22N2O4. The molecule has 1 aromatic heterocycles. The number of fused-ring (bicyclic) bond motifs is 5. The van der Waals surface area contributed by atoms with Crippen molar-refractivity contribution >= 4 is 28.3 Å². The number of benzene rings is 2. The molecule has 2 aromatic carbocycles. The van der Waals surface area contributed by atoms with Crippen molar-refractivity contribution in [1.29, 1.82) is 0 Å². The van der Waals surface area contributed by atoms with E-state index in [1.807, 2.05) is 36.4 Å². The average Bonchev–Trinajstić information content (AvgIpc) is 2.74. The smallest absolute Gasteiger partial charge is 0.339 e. The number of hydrogen-bond acceptors (Lipinski definition) is 5. The van der Waals surface area contributed by atoms with Crippen LogP contribution in [0.5, 0.6) is 5.75 Å². The molecule has 1 N–H and O–H groups in total. The Labute approximate surface area is 168 Å². The van der Waals surface area contributed by atoms with Gasteiger partial charge < -0.3 is 19.4 Å². The summed E-state index contributed by atoms with van der Waals surface area (Å²) in [7, 11) is 0. The Morgan fingerprint density at radius 3 is 2.52 bits per heavy atom. The van der Waals surface area contributed by atoms with Crippen LogP contribution in [0.2, 0.25) is 0 Å². The van der Waals surface area contributed by atoms with Crippen LogP contribution < -0.4 is 20.6 Å². The summed E-state index contributed by atoms with van der Waals surface area (Å²) < 4.78 is 11.8. The monoisotopic (exact) mass is 390 g/mol. The van der Waals surface area contributed by atoms with Crippen LogP contribution in [-0.4, -0.2) is 12.6 Å². The summed E-state index contributed by atoms with van der Waals surface area (Å²) in [5, 5.41) is 3.80.